The molecule has 0 spiro atoms. The molecule has 15 heavy (non-hydrogen) atoms. The van der Waals surface area contributed by atoms with Crippen LogP contribution in [-0.4, -0.2) is 13.2 Å². The van der Waals surface area contributed by atoms with Crippen molar-refractivity contribution < 1.29 is 9.13 Å². The molecule has 0 N–H and O–H groups in total. The summed E-state index contributed by atoms with van der Waals surface area (Å²) in [7, 11) is 0. The number of benzene rings is 1. The molecule has 2 atom stereocenters. The van der Waals surface area contributed by atoms with E-state index in [0.29, 0.717) is 10.7 Å². The second kappa shape index (κ2) is 5.08. The Kier molecular flexibility index (Phi) is 3.76. The van der Waals surface area contributed by atoms with Crippen molar-refractivity contribution in [2.75, 3.05) is 13.2 Å². The van der Waals surface area contributed by atoms with Gasteiger partial charge >= 0.3 is 0 Å². The van der Waals surface area contributed by atoms with Crippen LogP contribution in [-0.2, 0) is 4.74 Å². The van der Waals surface area contributed by atoms with E-state index in [1.807, 2.05) is 12.1 Å². The Balaban J connectivity index is 1.94. The molecule has 3 heteroatoms. The summed E-state index contributed by atoms with van der Waals surface area (Å²) in [5.41, 5.74) is 1.14. The molecule has 1 aromatic carbocycles. The number of alkyl halides is 1. The Bertz CT molecular complexity index is 306. The van der Waals surface area contributed by atoms with Crippen LogP contribution in [0.2, 0.25) is 0 Å². The number of ether oxygens (including phenoxy) is 1. The molecule has 1 aliphatic heterocycles. The fourth-order valence-corrected chi connectivity index (χ4v) is 2.70. The first kappa shape index (κ1) is 11.1. The van der Waals surface area contributed by atoms with Crippen molar-refractivity contribution in [3.05, 3.63) is 35.6 Å². The number of hydrogen-bond acceptors (Lipinski definition) is 1. The number of hydrogen-bond donors (Lipinski definition) is 0. The minimum Gasteiger partial charge on any atom is -0.381 e. The van der Waals surface area contributed by atoms with Crippen molar-refractivity contribution in [1.82, 2.24) is 0 Å². The van der Waals surface area contributed by atoms with Crippen molar-refractivity contribution in [3.63, 3.8) is 0 Å². The zero-order valence-electron chi connectivity index (χ0n) is 8.46. The lowest BCUT2D eigenvalue weighted by Crippen LogP contribution is -2.03. The lowest BCUT2D eigenvalue weighted by molar-refractivity contribution is 0.184. The maximum absolute atomic E-state index is 12.7. The monoisotopic (exact) mass is 272 g/mol. The Hall–Kier alpha value is -0.410. The minimum absolute atomic E-state index is 0.178. The van der Waals surface area contributed by atoms with E-state index in [1.165, 1.54) is 12.1 Å². The minimum atomic E-state index is -0.178. The summed E-state index contributed by atoms with van der Waals surface area (Å²) in [6, 6.07) is 6.69. The molecular formula is C12H14BrFO. The van der Waals surface area contributed by atoms with E-state index in [9.17, 15) is 4.39 Å². The first-order valence-corrected chi connectivity index (χ1v) is 6.14. The number of halogens is 2. The summed E-state index contributed by atoms with van der Waals surface area (Å²) in [6.07, 6.45) is 2.20. The SMILES string of the molecule is Fc1ccc(C(Br)CC2CCOC2)cc1. The zero-order valence-corrected chi connectivity index (χ0v) is 10.0. The van der Waals surface area contributed by atoms with Gasteiger partial charge in [-0.05, 0) is 36.5 Å². The molecule has 0 amide bonds. The van der Waals surface area contributed by atoms with E-state index in [1.54, 1.807) is 0 Å². The van der Waals surface area contributed by atoms with Gasteiger partial charge in [-0.25, -0.2) is 4.39 Å². The topological polar surface area (TPSA) is 9.23 Å². The summed E-state index contributed by atoms with van der Waals surface area (Å²) in [4.78, 5) is 0.310. The summed E-state index contributed by atoms with van der Waals surface area (Å²) in [5.74, 6) is 0.460. The van der Waals surface area contributed by atoms with Crippen LogP contribution < -0.4 is 0 Å². The third-order valence-corrected chi connectivity index (χ3v) is 3.70. The third kappa shape index (κ3) is 3.02. The molecule has 82 valence electrons. The third-order valence-electron chi connectivity index (χ3n) is 2.80. The lowest BCUT2D eigenvalue weighted by atomic mass is 9.99. The van der Waals surface area contributed by atoms with E-state index < -0.39 is 0 Å². The standard InChI is InChI=1S/C12H14BrFO/c13-12(7-9-5-6-15-8-9)10-1-3-11(14)4-2-10/h1-4,9,12H,5-8H2. The van der Waals surface area contributed by atoms with Gasteiger partial charge in [0.15, 0.2) is 0 Å². The van der Waals surface area contributed by atoms with E-state index in [0.717, 1.165) is 31.6 Å². The molecule has 0 aliphatic carbocycles. The Labute approximate surface area is 97.8 Å². The quantitative estimate of drug-likeness (QED) is 0.763. The van der Waals surface area contributed by atoms with Crippen molar-refractivity contribution in [2.45, 2.75) is 17.7 Å². The van der Waals surface area contributed by atoms with E-state index in [-0.39, 0.29) is 5.82 Å². The Morgan fingerprint density at radius 3 is 2.73 bits per heavy atom. The fraction of sp³-hybridized carbons (Fsp3) is 0.500. The number of rotatable bonds is 3. The van der Waals surface area contributed by atoms with Crippen LogP contribution in [0, 0.1) is 11.7 Å². The van der Waals surface area contributed by atoms with Gasteiger partial charge in [0, 0.05) is 18.0 Å². The summed E-state index contributed by atoms with van der Waals surface area (Å²) in [5, 5.41) is 0. The molecule has 0 saturated carbocycles. The first-order valence-electron chi connectivity index (χ1n) is 5.23. The van der Waals surface area contributed by atoms with Crippen LogP contribution in [0.15, 0.2) is 24.3 Å². The van der Waals surface area contributed by atoms with Gasteiger partial charge in [0.1, 0.15) is 5.82 Å². The second-order valence-corrected chi connectivity index (χ2v) is 5.09. The molecule has 0 bridgehead atoms. The van der Waals surface area contributed by atoms with Gasteiger partial charge in [0.05, 0.1) is 0 Å². The maximum atomic E-state index is 12.7. The van der Waals surface area contributed by atoms with Gasteiger partial charge in [-0.2, -0.15) is 0 Å². The normalized spacial score (nSPS) is 22.9. The van der Waals surface area contributed by atoms with Crippen molar-refractivity contribution >= 4 is 15.9 Å². The van der Waals surface area contributed by atoms with Crippen LogP contribution in [0.5, 0.6) is 0 Å². The largest absolute Gasteiger partial charge is 0.381 e. The van der Waals surface area contributed by atoms with E-state index >= 15 is 0 Å². The van der Waals surface area contributed by atoms with Crippen molar-refractivity contribution in [1.29, 1.82) is 0 Å². The predicted octanol–water partition coefficient (Wildman–Crippen LogP) is 3.69. The molecule has 2 unspecified atom stereocenters. The highest BCUT2D eigenvalue weighted by molar-refractivity contribution is 9.09. The highest BCUT2D eigenvalue weighted by Crippen LogP contribution is 2.32. The van der Waals surface area contributed by atoms with Crippen molar-refractivity contribution in [3.8, 4) is 0 Å². The smallest absolute Gasteiger partial charge is 0.123 e. The summed E-state index contributed by atoms with van der Waals surface area (Å²) < 4.78 is 18.1. The second-order valence-electron chi connectivity index (χ2n) is 3.98. The molecule has 2 rings (SSSR count). The molecule has 1 heterocycles. The molecule has 1 nitrogen and oxygen atoms in total. The van der Waals surface area contributed by atoms with Gasteiger partial charge in [-0.3, -0.25) is 0 Å². The van der Waals surface area contributed by atoms with Crippen molar-refractivity contribution in [2.24, 2.45) is 5.92 Å². The van der Waals surface area contributed by atoms with E-state index in [2.05, 4.69) is 15.9 Å². The van der Waals surface area contributed by atoms with Crippen LogP contribution in [0.4, 0.5) is 4.39 Å². The Morgan fingerprint density at radius 1 is 1.40 bits per heavy atom. The van der Waals surface area contributed by atoms with Crippen LogP contribution in [0.3, 0.4) is 0 Å². The maximum Gasteiger partial charge on any atom is 0.123 e. The lowest BCUT2D eigenvalue weighted by Gasteiger charge is -2.13. The first-order chi connectivity index (χ1) is 7.25. The van der Waals surface area contributed by atoms with Crippen LogP contribution >= 0.6 is 15.9 Å². The van der Waals surface area contributed by atoms with Gasteiger partial charge in [-0.1, -0.05) is 28.1 Å². The molecule has 1 aromatic rings. The summed E-state index contributed by atoms with van der Waals surface area (Å²) >= 11 is 3.64. The zero-order chi connectivity index (χ0) is 10.7. The molecule has 1 fully saturated rings. The Morgan fingerprint density at radius 2 is 2.13 bits per heavy atom. The van der Waals surface area contributed by atoms with Crippen LogP contribution in [0.25, 0.3) is 0 Å². The highest BCUT2D eigenvalue weighted by Gasteiger charge is 2.20. The summed E-state index contributed by atoms with van der Waals surface area (Å²) in [6.45, 7) is 1.75. The van der Waals surface area contributed by atoms with Gasteiger partial charge in [-0.15, -0.1) is 0 Å². The van der Waals surface area contributed by atoms with Gasteiger partial charge < -0.3 is 4.74 Å². The van der Waals surface area contributed by atoms with E-state index in [4.69, 9.17) is 4.74 Å². The molecule has 1 saturated heterocycles. The molecule has 1 aliphatic rings. The van der Waals surface area contributed by atoms with Gasteiger partial charge in [0.25, 0.3) is 0 Å². The van der Waals surface area contributed by atoms with Gasteiger partial charge in [0.2, 0.25) is 0 Å². The average Bonchev–Trinajstić information content (AvgIpc) is 2.71. The highest BCUT2D eigenvalue weighted by atomic mass is 79.9. The molecular weight excluding hydrogens is 259 g/mol. The molecule has 0 radical (unpaired) electrons. The van der Waals surface area contributed by atoms with Crippen LogP contribution in [0.1, 0.15) is 23.2 Å². The fourth-order valence-electron chi connectivity index (χ4n) is 1.87. The predicted molar refractivity (Wildman–Crippen MR) is 61.6 cm³/mol. The molecule has 0 aromatic heterocycles. The average molecular weight is 273 g/mol.